The van der Waals surface area contributed by atoms with E-state index in [1.807, 2.05) is 0 Å². The van der Waals surface area contributed by atoms with Crippen LogP contribution in [0.25, 0.3) is 10.9 Å². The van der Waals surface area contributed by atoms with Crippen LogP contribution in [0.15, 0.2) is 54.7 Å². The Balaban J connectivity index is 1.82. The van der Waals surface area contributed by atoms with Crippen molar-refractivity contribution in [3.05, 3.63) is 76.7 Å². The van der Waals surface area contributed by atoms with Gasteiger partial charge in [-0.25, -0.2) is 4.39 Å². The second-order valence-electron chi connectivity index (χ2n) is 8.01. The van der Waals surface area contributed by atoms with E-state index >= 15 is 0 Å². The average Bonchev–Trinajstić information content (AvgIpc) is 3.32. The van der Waals surface area contributed by atoms with Crippen LogP contribution in [0.4, 0.5) is 10.1 Å². The van der Waals surface area contributed by atoms with Gasteiger partial charge in [-0.15, -0.1) is 6.61 Å². The second kappa shape index (κ2) is 11.4. The van der Waals surface area contributed by atoms with Crippen molar-refractivity contribution < 1.29 is 33.2 Å². The van der Waals surface area contributed by atoms with Crippen LogP contribution in [0.1, 0.15) is 22.0 Å². The first-order valence-electron chi connectivity index (χ1n) is 11.3. The Morgan fingerprint density at radius 3 is 2.49 bits per heavy atom. The van der Waals surface area contributed by atoms with Gasteiger partial charge in [0.25, 0.3) is 0 Å². The van der Waals surface area contributed by atoms with Gasteiger partial charge >= 0.3 is 0 Å². The Morgan fingerprint density at radius 1 is 1.03 bits per heavy atom. The van der Waals surface area contributed by atoms with Crippen LogP contribution in [0.5, 0.6) is 23.0 Å². The number of Topliss-reactive ketones (excluding diaryl/α,β-unsaturated/α-hetero) is 1. The molecule has 4 aromatic rings. The summed E-state index contributed by atoms with van der Waals surface area (Å²) in [7, 11) is 4.34. The lowest BCUT2D eigenvalue weighted by molar-refractivity contribution is -0.370. The molecule has 0 aliphatic rings. The monoisotopic (exact) mass is 527 g/mol. The number of ketones is 1. The van der Waals surface area contributed by atoms with Gasteiger partial charge in [0.15, 0.2) is 17.3 Å². The normalized spacial score (nSPS) is 11.7. The minimum atomic E-state index is -0.976. The molecule has 37 heavy (non-hydrogen) atoms. The molecule has 3 aromatic carbocycles. The molecule has 8 nitrogen and oxygen atoms in total. The Bertz CT molecular complexity index is 1420. The number of halogens is 2. The quantitative estimate of drug-likeness (QED) is 0.271. The van der Waals surface area contributed by atoms with E-state index in [4.69, 9.17) is 30.5 Å². The fourth-order valence-electron chi connectivity index (χ4n) is 4.03. The van der Waals surface area contributed by atoms with E-state index in [1.165, 1.54) is 39.7 Å². The highest BCUT2D eigenvalue weighted by Gasteiger charge is 2.28. The van der Waals surface area contributed by atoms with E-state index in [1.54, 1.807) is 36.4 Å². The third kappa shape index (κ3) is 5.58. The van der Waals surface area contributed by atoms with Crippen molar-refractivity contribution >= 4 is 34.0 Å². The number of hydrogen-bond acceptors (Lipinski definition) is 7. The summed E-state index contributed by atoms with van der Waals surface area (Å²) in [6.07, 6.45) is 1.53. The first-order valence-corrected chi connectivity index (χ1v) is 11.6. The first-order chi connectivity index (χ1) is 17.9. The number of rotatable bonds is 11. The number of aromatic amines is 1. The summed E-state index contributed by atoms with van der Waals surface area (Å²) in [4.78, 5) is 17.0. The number of aromatic nitrogens is 1. The first kappa shape index (κ1) is 26.1. The van der Waals surface area contributed by atoms with E-state index in [2.05, 4.69) is 10.3 Å². The molecule has 1 unspecified atom stereocenters. The number of carbonyl (C=O) groups excluding carboxylic acids is 1. The standard InChI is InChI=1S/C27H25ClFN2O6/c1-34-17-9-16(10-18(11-17)37-7-6-32)31-26(19-5-4-15(28)8-24(19)35-2)27(33)21-14-30-23-13-25(36-3)22(29)12-20(21)23/h4-5,8-14,26,30-31H,6-7H2,1-3H3/q-1. The van der Waals surface area contributed by atoms with Crippen LogP contribution in [0.3, 0.4) is 0 Å². The summed E-state index contributed by atoms with van der Waals surface area (Å²) in [5, 5.41) is 15.0. The summed E-state index contributed by atoms with van der Waals surface area (Å²) >= 11 is 6.17. The highest BCUT2D eigenvalue weighted by Crippen LogP contribution is 2.37. The van der Waals surface area contributed by atoms with E-state index in [0.29, 0.717) is 44.4 Å². The summed E-state index contributed by atoms with van der Waals surface area (Å²) in [5.41, 5.74) is 1.79. The number of nitrogens with one attached hydrogen (secondary N) is 2. The van der Waals surface area contributed by atoms with Gasteiger partial charge in [-0.05, 0) is 18.2 Å². The predicted molar refractivity (Wildman–Crippen MR) is 137 cm³/mol. The van der Waals surface area contributed by atoms with Gasteiger partial charge in [0.2, 0.25) is 0 Å². The minimum Gasteiger partial charge on any atom is -0.852 e. The molecule has 4 rings (SSSR count). The average molecular weight is 528 g/mol. The molecule has 0 amide bonds. The third-order valence-corrected chi connectivity index (χ3v) is 6.00. The zero-order chi connectivity index (χ0) is 26.5. The number of hydrogen-bond donors (Lipinski definition) is 2. The Kier molecular flexibility index (Phi) is 8.05. The smallest absolute Gasteiger partial charge is 0.191 e. The largest absolute Gasteiger partial charge is 0.852 e. The lowest BCUT2D eigenvalue weighted by atomic mass is 9.95. The zero-order valence-electron chi connectivity index (χ0n) is 20.4. The second-order valence-corrected chi connectivity index (χ2v) is 8.45. The number of H-pyrrole nitrogens is 1. The van der Waals surface area contributed by atoms with Crippen molar-refractivity contribution in [2.24, 2.45) is 0 Å². The lowest BCUT2D eigenvalue weighted by Gasteiger charge is -2.22. The summed E-state index contributed by atoms with van der Waals surface area (Å²) < 4.78 is 36.0. The number of ether oxygens (including phenoxy) is 4. The Labute approximate surface area is 217 Å². The van der Waals surface area contributed by atoms with Crippen molar-refractivity contribution in [1.29, 1.82) is 0 Å². The van der Waals surface area contributed by atoms with Gasteiger partial charge in [0, 0.05) is 57.7 Å². The van der Waals surface area contributed by atoms with E-state index < -0.39 is 18.5 Å². The lowest BCUT2D eigenvalue weighted by Crippen LogP contribution is -2.22. The van der Waals surface area contributed by atoms with Gasteiger partial charge < -0.3 is 34.4 Å². The van der Waals surface area contributed by atoms with E-state index in [-0.39, 0.29) is 23.7 Å². The molecular formula is C27H25ClFN2O6-. The minimum absolute atomic E-state index is 0.0235. The zero-order valence-corrected chi connectivity index (χ0v) is 21.1. The molecular weight excluding hydrogens is 503 g/mol. The maximum Gasteiger partial charge on any atom is 0.191 e. The molecule has 0 spiro atoms. The summed E-state index contributed by atoms with van der Waals surface area (Å²) in [5.74, 6) is 0.349. The SMILES string of the molecule is COc1cc(NC(C(=O)c2c[nH]c3cc(OC)c(F)cc23)c2ccc(Cl)cc2OC)cc(OCC[O-])c1. The van der Waals surface area contributed by atoms with E-state index in [9.17, 15) is 14.3 Å². The molecule has 1 atom stereocenters. The molecule has 1 aromatic heterocycles. The van der Waals surface area contributed by atoms with Crippen molar-refractivity contribution in [1.82, 2.24) is 4.98 Å². The molecule has 10 heteroatoms. The fraction of sp³-hybridized carbons (Fsp3) is 0.222. The van der Waals surface area contributed by atoms with Crippen LogP contribution in [0, 0.1) is 5.82 Å². The van der Waals surface area contributed by atoms with Gasteiger partial charge in [0.1, 0.15) is 23.3 Å². The molecule has 0 aliphatic heterocycles. The number of anilines is 1. The van der Waals surface area contributed by atoms with Gasteiger partial charge in [0.05, 0.1) is 33.5 Å². The molecule has 1 heterocycles. The van der Waals surface area contributed by atoms with E-state index in [0.717, 1.165) is 0 Å². The van der Waals surface area contributed by atoms with Crippen LogP contribution in [0.2, 0.25) is 5.02 Å². The van der Waals surface area contributed by atoms with Crippen molar-refractivity contribution in [3.8, 4) is 23.0 Å². The Morgan fingerprint density at radius 2 is 1.78 bits per heavy atom. The molecule has 0 saturated heterocycles. The fourth-order valence-corrected chi connectivity index (χ4v) is 4.19. The Hall–Kier alpha value is -3.95. The predicted octanol–water partition coefficient (Wildman–Crippen LogP) is 4.76. The van der Waals surface area contributed by atoms with Gasteiger partial charge in [-0.1, -0.05) is 17.7 Å². The van der Waals surface area contributed by atoms with Crippen LogP contribution in [-0.4, -0.2) is 45.3 Å². The topological polar surface area (TPSA) is 105 Å². The molecule has 0 aliphatic carbocycles. The number of benzene rings is 3. The summed E-state index contributed by atoms with van der Waals surface area (Å²) in [6, 6.07) is 11.7. The maximum absolute atomic E-state index is 14.6. The number of methoxy groups -OCH3 is 3. The molecule has 0 saturated carbocycles. The van der Waals surface area contributed by atoms with Gasteiger partial charge in [-0.3, -0.25) is 4.79 Å². The molecule has 0 fully saturated rings. The molecule has 194 valence electrons. The van der Waals surface area contributed by atoms with Crippen molar-refractivity contribution in [2.45, 2.75) is 6.04 Å². The van der Waals surface area contributed by atoms with Crippen LogP contribution >= 0.6 is 11.6 Å². The van der Waals surface area contributed by atoms with Crippen LogP contribution < -0.4 is 29.4 Å². The molecule has 0 bridgehead atoms. The molecule has 2 N–H and O–H groups in total. The third-order valence-electron chi connectivity index (χ3n) is 5.77. The summed E-state index contributed by atoms with van der Waals surface area (Å²) in [6.45, 7) is -0.435. The van der Waals surface area contributed by atoms with Crippen molar-refractivity contribution in [3.63, 3.8) is 0 Å². The number of fused-ring (bicyclic) bond motifs is 1. The highest BCUT2D eigenvalue weighted by atomic mass is 35.5. The van der Waals surface area contributed by atoms with Crippen molar-refractivity contribution in [2.75, 3.05) is 39.9 Å². The maximum atomic E-state index is 14.6. The van der Waals surface area contributed by atoms with Gasteiger partial charge in [-0.2, -0.15) is 0 Å². The number of carbonyl (C=O) groups is 1. The van der Waals surface area contributed by atoms with Crippen LogP contribution in [-0.2, 0) is 0 Å². The molecule has 0 radical (unpaired) electrons. The highest BCUT2D eigenvalue weighted by molar-refractivity contribution is 6.30.